The molecule has 0 saturated carbocycles. The average Bonchev–Trinajstić information content (AvgIpc) is 3.09. The Hall–Kier alpha value is -2.73. The molecule has 1 aliphatic rings. The van der Waals surface area contributed by atoms with Crippen LogP contribution in [0.5, 0.6) is 11.5 Å². The summed E-state index contributed by atoms with van der Waals surface area (Å²) in [5.74, 6) is 0.450. The van der Waals surface area contributed by atoms with Gasteiger partial charge in [0.2, 0.25) is 11.8 Å². The summed E-state index contributed by atoms with van der Waals surface area (Å²) in [6, 6.07) is 12.4. The van der Waals surface area contributed by atoms with Gasteiger partial charge in [-0.1, -0.05) is 23.7 Å². The Morgan fingerprint density at radius 2 is 2.00 bits per heavy atom. The zero-order chi connectivity index (χ0) is 20.3. The van der Waals surface area contributed by atoms with Gasteiger partial charge in [-0.05, 0) is 36.8 Å². The van der Waals surface area contributed by atoms with Gasteiger partial charge in [0.05, 0.1) is 31.9 Å². The maximum Gasteiger partial charge on any atom is 0.227 e. The van der Waals surface area contributed by atoms with Gasteiger partial charge >= 0.3 is 0 Å². The van der Waals surface area contributed by atoms with Crippen molar-refractivity contribution in [2.45, 2.75) is 19.4 Å². The molecule has 148 valence electrons. The van der Waals surface area contributed by atoms with Crippen LogP contribution in [0.1, 0.15) is 24.9 Å². The molecular weight excluding hydrogens is 380 g/mol. The number of amides is 2. The highest BCUT2D eigenvalue weighted by atomic mass is 35.5. The van der Waals surface area contributed by atoms with Crippen molar-refractivity contribution in [2.75, 3.05) is 25.7 Å². The van der Waals surface area contributed by atoms with Gasteiger partial charge in [-0.15, -0.1) is 0 Å². The Bertz CT molecular complexity index is 886. The molecule has 2 atom stereocenters. The first-order chi connectivity index (χ1) is 13.4. The minimum Gasteiger partial charge on any atom is -0.497 e. The summed E-state index contributed by atoms with van der Waals surface area (Å²) in [7, 11) is 3.10. The van der Waals surface area contributed by atoms with E-state index in [1.54, 1.807) is 43.4 Å². The molecule has 7 heteroatoms. The number of hydrogen-bond acceptors (Lipinski definition) is 4. The van der Waals surface area contributed by atoms with Crippen LogP contribution in [0, 0.1) is 5.92 Å². The zero-order valence-corrected chi connectivity index (χ0v) is 16.8. The molecule has 1 aliphatic heterocycles. The molecule has 2 amide bonds. The quantitative estimate of drug-likeness (QED) is 0.801. The van der Waals surface area contributed by atoms with Gasteiger partial charge in [0.25, 0.3) is 0 Å². The molecule has 1 fully saturated rings. The van der Waals surface area contributed by atoms with Crippen LogP contribution in [0.25, 0.3) is 0 Å². The summed E-state index contributed by atoms with van der Waals surface area (Å²) in [5.41, 5.74) is 1.52. The number of methoxy groups -OCH3 is 2. The molecule has 28 heavy (non-hydrogen) atoms. The molecule has 6 nitrogen and oxygen atoms in total. The van der Waals surface area contributed by atoms with Crippen LogP contribution in [-0.4, -0.2) is 32.6 Å². The summed E-state index contributed by atoms with van der Waals surface area (Å²) < 4.78 is 10.6. The Kier molecular flexibility index (Phi) is 6.09. The van der Waals surface area contributed by atoms with E-state index in [1.807, 2.05) is 25.1 Å². The smallest absolute Gasteiger partial charge is 0.227 e. The van der Waals surface area contributed by atoms with Crippen LogP contribution in [0.4, 0.5) is 5.69 Å². The summed E-state index contributed by atoms with van der Waals surface area (Å²) in [6.45, 7) is 2.18. The van der Waals surface area contributed by atoms with E-state index in [1.165, 1.54) is 0 Å². The van der Waals surface area contributed by atoms with Gasteiger partial charge in [0, 0.05) is 24.1 Å². The van der Waals surface area contributed by atoms with Crippen molar-refractivity contribution < 1.29 is 19.1 Å². The Morgan fingerprint density at radius 1 is 1.21 bits per heavy atom. The predicted molar refractivity (Wildman–Crippen MR) is 108 cm³/mol. The van der Waals surface area contributed by atoms with E-state index in [-0.39, 0.29) is 30.8 Å². The second kappa shape index (κ2) is 8.52. The lowest BCUT2D eigenvalue weighted by Crippen LogP contribution is -2.34. The van der Waals surface area contributed by atoms with Crippen molar-refractivity contribution >= 4 is 29.1 Å². The van der Waals surface area contributed by atoms with Crippen molar-refractivity contribution in [3.63, 3.8) is 0 Å². The molecule has 0 aliphatic carbocycles. The number of nitrogens with zero attached hydrogens (tertiary/aromatic N) is 1. The van der Waals surface area contributed by atoms with Gasteiger partial charge in [0.1, 0.15) is 11.5 Å². The molecule has 0 radical (unpaired) electrons. The van der Waals surface area contributed by atoms with Crippen LogP contribution in [0.2, 0.25) is 5.02 Å². The van der Waals surface area contributed by atoms with Crippen molar-refractivity contribution in [2.24, 2.45) is 5.92 Å². The van der Waals surface area contributed by atoms with Crippen molar-refractivity contribution in [1.29, 1.82) is 0 Å². The first kappa shape index (κ1) is 20.0. The van der Waals surface area contributed by atoms with Gasteiger partial charge < -0.3 is 19.7 Å². The number of benzene rings is 2. The van der Waals surface area contributed by atoms with E-state index >= 15 is 0 Å². The molecule has 3 rings (SSSR count). The van der Waals surface area contributed by atoms with E-state index < -0.39 is 5.92 Å². The van der Waals surface area contributed by atoms with Crippen LogP contribution in [0.15, 0.2) is 42.5 Å². The first-order valence-corrected chi connectivity index (χ1v) is 9.39. The number of carbonyl (C=O) groups excluding carboxylic acids is 2. The number of rotatable bonds is 6. The topological polar surface area (TPSA) is 67.9 Å². The lowest BCUT2D eigenvalue weighted by Gasteiger charge is -2.21. The average molecular weight is 403 g/mol. The maximum atomic E-state index is 12.7. The Balaban J connectivity index is 1.73. The highest BCUT2D eigenvalue weighted by molar-refractivity contribution is 6.30. The van der Waals surface area contributed by atoms with E-state index in [9.17, 15) is 9.59 Å². The van der Waals surface area contributed by atoms with E-state index in [0.717, 1.165) is 5.56 Å². The van der Waals surface area contributed by atoms with E-state index in [2.05, 4.69) is 5.32 Å². The Morgan fingerprint density at radius 3 is 2.68 bits per heavy atom. The van der Waals surface area contributed by atoms with Crippen LogP contribution in [0.3, 0.4) is 0 Å². The summed E-state index contributed by atoms with van der Waals surface area (Å²) in [4.78, 5) is 26.9. The minimum absolute atomic E-state index is 0.123. The highest BCUT2D eigenvalue weighted by Crippen LogP contribution is 2.36. The van der Waals surface area contributed by atoms with Crippen molar-refractivity contribution in [3.8, 4) is 11.5 Å². The summed E-state index contributed by atoms with van der Waals surface area (Å²) in [5, 5.41) is 3.59. The third-order valence-corrected chi connectivity index (χ3v) is 5.12. The minimum atomic E-state index is -0.440. The summed E-state index contributed by atoms with van der Waals surface area (Å²) >= 11 is 6.03. The van der Waals surface area contributed by atoms with Crippen LogP contribution < -0.4 is 19.7 Å². The van der Waals surface area contributed by atoms with Gasteiger partial charge in [0.15, 0.2) is 0 Å². The third-order valence-electron chi connectivity index (χ3n) is 4.88. The lowest BCUT2D eigenvalue weighted by molar-refractivity contribution is -0.126. The van der Waals surface area contributed by atoms with E-state index in [0.29, 0.717) is 22.2 Å². The monoisotopic (exact) mass is 402 g/mol. The predicted octanol–water partition coefficient (Wildman–Crippen LogP) is 3.59. The maximum absolute atomic E-state index is 12.7. The third kappa shape index (κ3) is 4.22. The lowest BCUT2D eigenvalue weighted by atomic mass is 10.1. The molecule has 1 heterocycles. The second-order valence-corrected chi connectivity index (χ2v) is 7.16. The normalized spacial score (nSPS) is 17.4. The zero-order valence-electron chi connectivity index (χ0n) is 16.1. The number of nitrogens with one attached hydrogen (secondary N) is 1. The largest absolute Gasteiger partial charge is 0.497 e. The first-order valence-electron chi connectivity index (χ1n) is 9.01. The number of halogens is 1. The summed E-state index contributed by atoms with van der Waals surface area (Å²) in [6.07, 6.45) is 0.147. The molecule has 2 aromatic carbocycles. The van der Waals surface area contributed by atoms with Gasteiger partial charge in [-0.3, -0.25) is 9.59 Å². The molecule has 1 saturated heterocycles. The Labute approximate surface area is 169 Å². The van der Waals surface area contributed by atoms with Crippen LogP contribution >= 0.6 is 11.6 Å². The van der Waals surface area contributed by atoms with E-state index in [4.69, 9.17) is 21.1 Å². The van der Waals surface area contributed by atoms with Crippen molar-refractivity contribution in [1.82, 2.24) is 5.32 Å². The molecule has 2 aromatic rings. The van der Waals surface area contributed by atoms with Crippen LogP contribution in [-0.2, 0) is 9.59 Å². The fourth-order valence-electron chi connectivity index (χ4n) is 3.31. The number of carbonyl (C=O) groups is 2. The standard InChI is InChI=1S/C21H23ClN2O4/c1-13(14-5-4-6-16(22)9-14)23-21(26)15-10-20(25)24(12-15)18-11-17(27-2)7-8-19(18)28-3/h4-9,11,13,15H,10,12H2,1-3H3,(H,23,26). The van der Waals surface area contributed by atoms with Gasteiger partial charge in [-0.25, -0.2) is 0 Å². The fourth-order valence-corrected chi connectivity index (χ4v) is 3.51. The SMILES string of the molecule is COc1ccc(OC)c(N2CC(C(=O)NC(C)c3cccc(Cl)c3)CC2=O)c1. The fraction of sp³-hybridized carbons (Fsp3) is 0.333. The molecular formula is C21H23ClN2O4. The molecule has 0 spiro atoms. The molecule has 1 N–H and O–H groups in total. The molecule has 0 bridgehead atoms. The highest BCUT2D eigenvalue weighted by Gasteiger charge is 2.36. The second-order valence-electron chi connectivity index (χ2n) is 6.73. The van der Waals surface area contributed by atoms with Gasteiger partial charge in [-0.2, -0.15) is 0 Å². The number of hydrogen-bond donors (Lipinski definition) is 1. The number of ether oxygens (including phenoxy) is 2. The molecule has 2 unspecified atom stereocenters. The molecule has 0 aromatic heterocycles. The number of anilines is 1. The van der Waals surface area contributed by atoms with Crippen molar-refractivity contribution in [3.05, 3.63) is 53.1 Å².